The molecule has 2 aromatic carbocycles. The van der Waals surface area contributed by atoms with Gasteiger partial charge in [-0.3, -0.25) is 4.79 Å². The molecule has 0 aliphatic carbocycles. The second-order valence-electron chi connectivity index (χ2n) is 5.57. The van der Waals surface area contributed by atoms with Crippen LogP contribution in [0.1, 0.15) is 6.92 Å². The molecule has 0 heterocycles. The molecule has 0 aromatic heterocycles. The van der Waals surface area contributed by atoms with Crippen LogP contribution in [0.2, 0.25) is 0 Å². The van der Waals surface area contributed by atoms with Gasteiger partial charge in [0.2, 0.25) is 0 Å². The second-order valence-corrected chi connectivity index (χ2v) is 5.57. The number of amides is 1. The third-order valence-electron chi connectivity index (χ3n) is 3.33. The van der Waals surface area contributed by atoms with E-state index >= 15 is 0 Å². The first kappa shape index (κ1) is 17.3. The molecule has 1 unspecified atom stereocenters. The summed E-state index contributed by atoms with van der Waals surface area (Å²) in [6.45, 7) is 1.55. The topological polar surface area (TPSA) is 80.9 Å². The summed E-state index contributed by atoms with van der Waals surface area (Å²) in [6, 6.07) is 15.7. The minimum absolute atomic E-state index is 0.135. The number of hydrogen-bond donors (Lipinski definition) is 2. The molecule has 1 atom stereocenters. The van der Waals surface area contributed by atoms with Crippen LogP contribution in [-0.4, -0.2) is 31.8 Å². The molecule has 1 amide bonds. The fourth-order valence-electron chi connectivity index (χ4n) is 2.03. The molecule has 2 rings (SSSR count). The average molecular weight is 323 g/mol. The van der Waals surface area contributed by atoms with Crippen molar-refractivity contribution in [1.29, 1.82) is 5.41 Å². The maximum absolute atomic E-state index is 12.3. The second kappa shape index (κ2) is 8.01. The quantitative estimate of drug-likeness (QED) is 0.625. The van der Waals surface area contributed by atoms with Crippen molar-refractivity contribution in [3.05, 3.63) is 54.6 Å². The lowest BCUT2D eigenvalue weighted by molar-refractivity contribution is -0.116. The van der Waals surface area contributed by atoms with Crippen LogP contribution in [0.3, 0.4) is 0 Å². The van der Waals surface area contributed by atoms with Crippen LogP contribution in [0.25, 0.3) is 0 Å². The highest BCUT2D eigenvalue weighted by atomic mass is 16.2. The van der Waals surface area contributed by atoms with Crippen LogP contribution in [0, 0.1) is 5.41 Å². The van der Waals surface area contributed by atoms with Crippen molar-refractivity contribution >= 4 is 28.7 Å². The zero-order chi connectivity index (χ0) is 17.5. The Kier molecular flexibility index (Phi) is 5.78. The van der Waals surface area contributed by atoms with Gasteiger partial charge in [-0.25, -0.2) is 0 Å². The van der Waals surface area contributed by atoms with E-state index in [2.05, 4.69) is 15.5 Å². The lowest BCUT2D eigenvalue weighted by Gasteiger charge is -2.13. The number of carbonyl (C=O) groups is 1. The number of azo groups is 1. The Balaban J connectivity index is 2.14. The molecule has 0 aliphatic heterocycles. The summed E-state index contributed by atoms with van der Waals surface area (Å²) in [5, 5.41) is 18.7. The summed E-state index contributed by atoms with van der Waals surface area (Å²) >= 11 is 0. The van der Waals surface area contributed by atoms with Gasteiger partial charge < -0.3 is 15.6 Å². The molecule has 0 saturated heterocycles. The number of carbonyl (C=O) groups excluding carboxylic acids is 1. The summed E-state index contributed by atoms with van der Waals surface area (Å²) in [5.74, 6) is -0.374. The maximum atomic E-state index is 12.3. The average Bonchev–Trinajstić information content (AvgIpc) is 2.56. The van der Waals surface area contributed by atoms with Crippen LogP contribution >= 0.6 is 0 Å². The molecule has 24 heavy (non-hydrogen) atoms. The third-order valence-corrected chi connectivity index (χ3v) is 3.33. The van der Waals surface area contributed by atoms with Gasteiger partial charge in [0.05, 0.1) is 5.69 Å². The third kappa shape index (κ3) is 4.74. The van der Waals surface area contributed by atoms with E-state index in [0.29, 0.717) is 11.4 Å². The molecule has 124 valence electrons. The predicted octanol–water partition coefficient (Wildman–Crippen LogP) is 3.88. The molecule has 0 saturated carbocycles. The van der Waals surface area contributed by atoms with Gasteiger partial charge in [-0.05, 0) is 37.3 Å². The lowest BCUT2D eigenvalue weighted by Crippen LogP contribution is -2.31. The molecule has 0 spiro atoms. The fourth-order valence-corrected chi connectivity index (χ4v) is 2.03. The van der Waals surface area contributed by atoms with Gasteiger partial charge in [0, 0.05) is 31.2 Å². The van der Waals surface area contributed by atoms with E-state index < -0.39 is 6.04 Å². The van der Waals surface area contributed by atoms with Crippen molar-refractivity contribution in [2.45, 2.75) is 13.0 Å². The van der Waals surface area contributed by atoms with Crippen LogP contribution in [0.4, 0.5) is 17.1 Å². The Labute approximate surface area is 141 Å². The fraction of sp³-hybridized carbons (Fsp3) is 0.222. The van der Waals surface area contributed by atoms with Crippen molar-refractivity contribution in [3.63, 3.8) is 0 Å². The monoisotopic (exact) mass is 323 g/mol. The predicted molar refractivity (Wildman–Crippen MR) is 97.5 cm³/mol. The van der Waals surface area contributed by atoms with Gasteiger partial charge in [-0.15, -0.1) is 0 Å². The summed E-state index contributed by atoms with van der Waals surface area (Å²) in [7, 11) is 3.88. The number of hydrogen-bond acceptors (Lipinski definition) is 5. The van der Waals surface area contributed by atoms with E-state index in [1.807, 2.05) is 61.5 Å². The van der Waals surface area contributed by atoms with Crippen LogP contribution in [0.15, 0.2) is 64.8 Å². The SMILES string of the molecule is CC(=N)C(N=Nc1cccc(N(C)C)c1)C(=O)Nc1ccccc1. The zero-order valence-corrected chi connectivity index (χ0v) is 14.0. The van der Waals surface area contributed by atoms with Crippen LogP contribution in [-0.2, 0) is 4.79 Å². The summed E-state index contributed by atoms with van der Waals surface area (Å²) in [6.07, 6.45) is 0. The molecule has 6 nitrogen and oxygen atoms in total. The molecular weight excluding hydrogens is 302 g/mol. The normalized spacial score (nSPS) is 12.0. The molecule has 0 bridgehead atoms. The Morgan fingerprint density at radius 2 is 1.83 bits per heavy atom. The summed E-state index contributed by atoms with van der Waals surface area (Å²) < 4.78 is 0. The van der Waals surface area contributed by atoms with E-state index in [1.54, 1.807) is 19.1 Å². The van der Waals surface area contributed by atoms with E-state index in [-0.39, 0.29) is 11.6 Å². The number of para-hydroxylation sites is 1. The van der Waals surface area contributed by atoms with Crippen molar-refractivity contribution in [2.24, 2.45) is 10.2 Å². The van der Waals surface area contributed by atoms with Gasteiger partial charge in [0.25, 0.3) is 5.91 Å². The summed E-state index contributed by atoms with van der Waals surface area (Å²) in [4.78, 5) is 14.3. The van der Waals surface area contributed by atoms with E-state index in [1.165, 1.54) is 0 Å². The first-order valence-electron chi connectivity index (χ1n) is 7.56. The standard InChI is InChI=1S/C18H21N5O/c1-13(19)17(18(24)20-14-8-5-4-6-9-14)22-21-15-10-7-11-16(12-15)23(2)3/h4-12,17,19H,1-3H3,(H,20,24). The van der Waals surface area contributed by atoms with Gasteiger partial charge in [-0.1, -0.05) is 24.3 Å². The summed E-state index contributed by atoms with van der Waals surface area (Å²) in [5.41, 5.74) is 2.43. The maximum Gasteiger partial charge on any atom is 0.256 e. The van der Waals surface area contributed by atoms with Crippen LogP contribution < -0.4 is 10.2 Å². The van der Waals surface area contributed by atoms with Gasteiger partial charge in [0.1, 0.15) is 0 Å². The van der Waals surface area contributed by atoms with E-state index in [9.17, 15) is 4.79 Å². The number of benzene rings is 2. The first-order valence-corrected chi connectivity index (χ1v) is 7.56. The van der Waals surface area contributed by atoms with Crippen molar-refractivity contribution in [1.82, 2.24) is 0 Å². The Morgan fingerprint density at radius 3 is 2.46 bits per heavy atom. The highest BCUT2D eigenvalue weighted by molar-refractivity contribution is 6.11. The van der Waals surface area contributed by atoms with Gasteiger partial charge in [0.15, 0.2) is 6.04 Å². The van der Waals surface area contributed by atoms with E-state index in [4.69, 9.17) is 5.41 Å². The van der Waals surface area contributed by atoms with Crippen LogP contribution in [0.5, 0.6) is 0 Å². The minimum atomic E-state index is -0.951. The van der Waals surface area contributed by atoms with Crippen molar-refractivity contribution in [2.75, 3.05) is 24.3 Å². The molecule has 0 aliphatic rings. The number of rotatable bonds is 6. The van der Waals surface area contributed by atoms with E-state index in [0.717, 1.165) is 5.69 Å². The van der Waals surface area contributed by atoms with Gasteiger partial charge in [-0.2, -0.15) is 10.2 Å². The smallest absolute Gasteiger partial charge is 0.256 e. The van der Waals surface area contributed by atoms with Gasteiger partial charge >= 0.3 is 0 Å². The zero-order valence-electron chi connectivity index (χ0n) is 14.0. The molecule has 6 heteroatoms. The lowest BCUT2D eigenvalue weighted by atomic mass is 10.2. The number of anilines is 2. The Morgan fingerprint density at radius 1 is 1.12 bits per heavy atom. The Hall–Kier alpha value is -3.02. The highest BCUT2D eigenvalue weighted by Gasteiger charge is 2.20. The largest absolute Gasteiger partial charge is 0.378 e. The molecule has 2 N–H and O–H groups in total. The molecule has 0 fully saturated rings. The molecule has 2 aromatic rings. The number of nitrogens with zero attached hydrogens (tertiary/aromatic N) is 3. The molecule has 0 radical (unpaired) electrons. The molecular formula is C18H21N5O. The van der Waals surface area contributed by atoms with Crippen molar-refractivity contribution in [3.8, 4) is 0 Å². The minimum Gasteiger partial charge on any atom is -0.378 e. The Bertz CT molecular complexity index is 740. The van der Waals surface area contributed by atoms with Crippen molar-refractivity contribution < 1.29 is 4.79 Å². The highest BCUT2D eigenvalue weighted by Crippen LogP contribution is 2.20. The first-order chi connectivity index (χ1) is 11.5. The number of nitrogens with one attached hydrogen (secondary N) is 2.